The van der Waals surface area contributed by atoms with Gasteiger partial charge in [-0.25, -0.2) is 5.43 Å². The lowest BCUT2D eigenvalue weighted by Crippen LogP contribution is -2.16. The van der Waals surface area contributed by atoms with E-state index in [4.69, 9.17) is 32.0 Å². The van der Waals surface area contributed by atoms with Crippen molar-refractivity contribution in [1.29, 1.82) is 0 Å². The Hall–Kier alpha value is -2.50. The van der Waals surface area contributed by atoms with Gasteiger partial charge in [-0.15, -0.1) is 0 Å². The molecule has 2 aromatic heterocycles. The molecule has 0 atom stereocenters. The van der Waals surface area contributed by atoms with Crippen LogP contribution in [0.2, 0.25) is 10.0 Å². The Morgan fingerprint density at radius 2 is 2.04 bits per heavy atom. The second kappa shape index (κ2) is 6.73. The fourth-order valence-corrected chi connectivity index (χ4v) is 2.25. The van der Waals surface area contributed by atoms with Gasteiger partial charge in [0.1, 0.15) is 11.5 Å². The number of nitrogens with zero attached hydrogens (tertiary/aromatic N) is 1. The number of furan rings is 2. The fourth-order valence-electron chi connectivity index (χ4n) is 1.87. The number of nitrogens with one attached hydrogen (secondary N) is 1. The minimum absolute atomic E-state index is 0.174. The highest BCUT2D eigenvalue weighted by atomic mass is 35.5. The molecule has 0 bridgehead atoms. The molecule has 0 aliphatic carbocycles. The molecule has 0 saturated carbocycles. The maximum Gasteiger partial charge on any atom is 0.307 e. The van der Waals surface area contributed by atoms with Crippen molar-refractivity contribution in [1.82, 2.24) is 5.43 Å². The second-order valence-corrected chi connectivity index (χ2v) is 5.35. The molecule has 3 rings (SSSR count). The van der Waals surface area contributed by atoms with Crippen LogP contribution in [0.5, 0.6) is 0 Å². The zero-order valence-corrected chi connectivity index (χ0v) is 13.1. The molecule has 1 N–H and O–H groups in total. The summed E-state index contributed by atoms with van der Waals surface area (Å²) in [5.41, 5.74) is 3.01. The summed E-state index contributed by atoms with van der Waals surface area (Å²) in [6.45, 7) is 0. The van der Waals surface area contributed by atoms with Gasteiger partial charge in [-0.2, -0.15) is 5.10 Å². The Morgan fingerprint density at radius 3 is 2.83 bits per heavy atom. The Balaban J connectivity index is 1.71. The molecule has 1 amide bonds. The van der Waals surface area contributed by atoms with E-state index in [0.717, 1.165) is 0 Å². The highest BCUT2D eigenvalue weighted by molar-refractivity contribution is 6.35. The molecule has 2 heterocycles. The van der Waals surface area contributed by atoms with Crippen molar-refractivity contribution < 1.29 is 13.6 Å². The van der Waals surface area contributed by atoms with Crippen molar-refractivity contribution in [3.05, 3.63) is 70.3 Å². The minimum Gasteiger partial charge on any atom is -0.459 e. The average Bonchev–Trinajstić information content (AvgIpc) is 3.21. The lowest BCUT2D eigenvalue weighted by molar-refractivity contribution is 0.0927. The van der Waals surface area contributed by atoms with Gasteiger partial charge in [0, 0.05) is 10.6 Å². The lowest BCUT2D eigenvalue weighted by Gasteiger charge is -2.00. The third-order valence-corrected chi connectivity index (χ3v) is 3.49. The summed E-state index contributed by atoms with van der Waals surface area (Å²) in [6.07, 6.45) is 2.79. The van der Waals surface area contributed by atoms with Gasteiger partial charge < -0.3 is 8.83 Å². The number of rotatable bonds is 4. The van der Waals surface area contributed by atoms with E-state index < -0.39 is 5.91 Å². The van der Waals surface area contributed by atoms with Crippen LogP contribution in [0.25, 0.3) is 11.3 Å². The first-order valence-corrected chi connectivity index (χ1v) is 7.31. The molecule has 23 heavy (non-hydrogen) atoms. The van der Waals surface area contributed by atoms with Crippen molar-refractivity contribution in [3.63, 3.8) is 0 Å². The number of hydrazone groups is 1. The molecule has 0 aliphatic heterocycles. The molecule has 0 fully saturated rings. The van der Waals surface area contributed by atoms with Crippen LogP contribution in [0, 0.1) is 0 Å². The predicted octanol–water partition coefficient (Wildman–Crippen LogP) is 4.61. The molecule has 7 heteroatoms. The fraction of sp³-hybridized carbons (Fsp3) is 0. The smallest absolute Gasteiger partial charge is 0.307 e. The van der Waals surface area contributed by atoms with Crippen molar-refractivity contribution in [2.75, 3.05) is 0 Å². The molecular weight excluding hydrogens is 339 g/mol. The Labute approximate surface area is 141 Å². The molecule has 0 unspecified atom stereocenters. The topological polar surface area (TPSA) is 67.7 Å². The Morgan fingerprint density at radius 1 is 1.17 bits per heavy atom. The number of hydrogen-bond acceptors (Lipinski definition) is 4. The van der Waals surface area contributed by atoms with Gasteiger partial charge in [0.15, 0.2) is 5.76 Å². The van der Waals surface area contributed by atoms with Crippen LogP contribution in [-0.4, -0.2) is 12.1 Å². The molecule has 0 radical (unpaired) electrons. The van der Waals surface area contributed by atoms with Gasteiger partial charge in [-0.3, -0.25) is 4.79 Å². The van der Waals surface area contributed by atoms with E-state index in [1.54, 1.807) is 36.4 Å². The average molecular weight is 349 g/mol. The summed E-state index contributed by atoms with van der Waals surface area (Å²) < 4.78 is 10.6. The quantitative estimate of drug-likeness (QED) is 0.552. The Bertz CT molecular complexity index is 854. The summed E-state index contributed by atoms with van der Waals surface area (Å²) >= 11 is 12.1. The van der Waals surface area contributed by atoms with E-state index >= 15 is 0 Å². The largest absolute Gasteiger partial charge is 0.459 e. The highest BCUT2D eigenvalue weighted by Crippen LogP contribution is 2.31. The van der Waals surface area contributed by atoms with Crippen LogP contribution in [0.1, 0.15) is 16.3 Å². The van der Waals surface area contributed by atoms with Crippen LogP contribution in [0.4, 0.5) is 0 Å². The van der Waals surface area contributed by atoms with Crippen LogP contribution >= 0.6 is 23.2 Å². The number of halogens is 2. The maximum absolute atomic E-state index is 11.6. The molecule has 116 valence electrons. The summed E-state index contributed by atoms with van der Waals surface area (Å²) in [5, 5.41) is 4.89. The first kappa shape index (κ1) is 15.4. The first-order chi connectivity index (χ1) is 11.1. The number of carbonyl (C=O) groups excluding carboxylic acids is 1. The van der Waals surface area contributed by atoms with Crippen LogP contribution in [0.15, 0.2) is 62.7 Å². The predicted molar refractivity (Wildman–Crippen MR) is 87.9 cm³/mol. The maximum atomic E-state index is 11.6. The van der Waals surface area contributed by atoms with Crippen molar-refractivity contribution >= 4 is 35.3 Å². The molecular formula is C16H10Cl2N2O3. The van der Waals surface area contributed by atoms with E-state index in [1.807, 2.05) is 0 Å². The zero-order chi connectivity index (χ0) is 16.2. The van der Waals surface area contributed by atoms with E-state index in [2.05, 4.69) is 10.5 Å². The summed E-state index contributed by atoms with van der Waals surface area (Å²) in [6, 6.07) is 11.7. The standard InChI is InChI=1S/C16H10Cl2N2O3/c17-10-3-5-13(18)12(8-10)14-6-4-11(23-14)9-19-20-16(21)15-2-1-7-22-15/h1-9H,(H,20,21)/b19-9-. The minimum atomic E-state index is -0.448. The third-order valence-electron chi connectivity index (χ3n) is 2.92. The molecule has 0 saturated heterocycles. The van der Waals surface area contributed by atoms with Crippen LogP contribution in [-0.2, 0) is 0 Å². The second-order valence-electron chi connectivity index (χ2n) is 4.50. The van der Waals surface area contributed by atoms with E-state index in [0.29, 0.717) is 27.1 Å². The number of carbonyl (C=O) groups is 1. The summed E-state index contributed by atoms with van der Waals surface area (Å²) in [4.78, 5) is 11.6. The number of benzene rings is 1. The molecule has 3 aromatic rings. The molecule has 0 aliphatic rings. The zero-order valence-electron chi connectivity index (χ0n) is 11.6. The lowest BCUT2D eigenvalue weighted by atomic mass is 10.2. The molecule has 5 nitrogen and oxygen atoms in total. The van der Waals surface area contributed by atoms with E-state index in [-0.39, 0.29) is 5.76 Å². The van der Waals surface area contributed by atoms with Gasteiger partial charge in [-0.1, -0.05) is 23.2 Å². The first-order valence-electron chi connectivity index (χ1n) is 6.55. The summed E-state index contributed by atoms with van der Waals surface area (Å²) in [7, 11) is 0. The van der Waals surface area contributed by atoms with Gasteiger partial charge in [-0.05, 0) is 42.5 Å². The van der Waals surface area contributed by atoms with Crippen LogP contribution in [0.3, 0.4) is 0 Å². The highest BCUT2D eigenvalue weighted by Gasteiger charge is 2.09. The van der Waals surface area contributed by atoms with Gasteiger partial charge >= 0.3 is 5.91 Å². The van der Waals surface area contributed by atoms with Gasteiger partial charge in [0.25, 0.3) is 0 Å². The van der Waals surface area contributed by atoms with E-state index in [9.17, 15) is 4.79 Å². The SMILES string of the molecule is O=C(N/N=C\c1ccc(-c2cc(Cl)ccc2Cl)o1)c1ccco1. The monoisotopic (exact) mass is 348 g/mol. The Kier molecular flexibility index (Phi) is 4.50. The van der Waals surface area contributed by atoms with E-state index in [1.165, 1.54) is 18.5 Å². The van der Waals surface area contributed by atoms with Crippen molar-refractivity contribution in [2.45, 2.75) is 0 Å². The summed E-state index contributed by atoms with van der Waals surface area (Å²) in [5.74, 6) is 0.732. The number of amides is 1. The van der Waals surface area contributed by atoms with Gasteiger partial charge in [0.05, 0.1) is 17.5 Å². The number of hydrogen-bond donors (Lipinski definition) is 1. The van der Waals surface area contributed by atoms with Crippen molar-refractivity contribution in [2.24, 2.45) is 5.10 Å². The third kappa shape index (κ3) is 3.64. The molecule has 0 spiro atoms. The normalized spacial score (nSPS) is 11.0. The molecule has 1 aromatic carbocycles. The van der Waals surface area contributed by atoms with Gasteiger partial charge in [0.2, 0.25) is 0 Å². The van der Waals surface area contributed by atoms with Crippen LogP contribution < -0.4 is 5.43 Å². The van der Waals surface area contributed by atoms with Crippen molar-refractivity contribution in [3.8, 4) is 11.3 Å².